The van der Waals surface area contributed by atoms with Gasteiger partial charge in [-0.15, -0.1) is 0 Å². The fourth-order valence-electron chi connectivity index (χ4n) is 1.35. The third-order valence-electron chi connectivity index (χ3n) is 1.92. The predicted octanol–water partition coefficient (Wildman–Crippen LogP) is 3.46. The number of ketones is 1. The van der Waals surface area contributed by atoms with E-state index in [-0.39, 0.29) is 5.56 Å². The summed E-state index contributed by atoms with van der Waals surface area (Å²) in [5, 5.41) is -4.07. The zero-order valence-corrected chi connectivity index (χ0v) is 8.83. The molecule has 0 saturated carbocycles. The Hall–Kier alpha value is -1.03. The highest BCUT2D eigenvalue weighted by Gasteiger charge is 2.38. The van der Waals surface area contributed by atoms with Gasteiger partial charge in [-0.25, -0.2) is 4.39 Å². The number of rotatable bonds is 2. The number of hydrogen-bond donors (Lipinski definition) is 0. The normalized spacial score (nSPS) is 11.6. The summed E-state index contributed by atoms with van der Waals surface area (Å²) in [6.07, 6.45) is 0. The summed E-state index contributed by atoms with van der Waals surface area (Å²) in [7, 11) is 0. The van der Waals surface area contributed by atoms with Crippen molar-refractivity contribution in [3.8, 4) is 0 Å². The lowest BCUT2D eigenvalue weighted by Crippen LogP contribution is -2.23. The summed E-state index contributed by atoms with van der Waals surface area (Å²) >= 11 is 4.55. The van der Waals surface area contributed by atoms with Gasteiger partial charge in [-0.05, 0) is 42.6 Å². The Morgan fingerprint density at radius 3 is 2.27 bits per heavy atom. The van der Waals surface area contributed by atoms with E-state index in [0.29, 0.717) is 5.56 Å². The van der Waals surface area contributed by atoms with Crippen molar-refractivity contribution in [2.45, 2.75) is 19.2 Å². The van der Waals surface area contributed by atoms with Crippen LogP contribution in [0.5, 0.6) is 0 Å². The van der Waals surface area contributed by atoms with Crippen molar-refractivity contribution in [2.75, 3.05) is 0 Å². The lowest BCUT2D eigenvalue weighted by molar-refractivity contribution is 0.0530. The summed E-state index contributed by atoms with van der Waals surface area (Å²) in [5.41, 5.74) is 0.0536. The van der Waals surface area contributed by atoms with Crippen molar-refractivity contribution < 1.29 is 18.0 Å². The molecule has 5 heteroatoms. The molecule has 0 fully saturated rings. The van der Waals surface area contributed by atoms with Crippen molar-refractivity contribution in [1.82, 2.24) is 0 Å². The molecule has 0 heterocycles. The van der Waals surface area contributed by atoms with Crippen LogP contribution in [-0.4, -0.2) is 11.2 Å². The number of alkyl halides is 3. The van der Waals surface area contributed by atoms with Gasteiger partial charge in [-0.1, -0.05) is 6.07 Å². The molecule has 0 aromatic heterocycles. The molecular formula is C10H8ClF3O. The van der Waals surface area contributed by atoms with Crippen LogP contribution in [0.4, 0.5) is 13.2 Å². The average Bonchev–Trinajstić information content (AvgIpc) is 1.99. The first-order valence-corrected chi connectivity index (χ1v) is 4.49. The predicted molar refractivity (Wildman–Crippen MR) is 51.0 cm³/mol. The number of Topliss-reactive ketones (excluding diaryl/α,β-unsaturated/α-hetero) is 1. The van der Waals surface area contributed by atoms with Gasteiger partial charge in [0.2, 0.25) is 0 Å². The second kappa shape index (κ2) is 3.85. The molecular weight excluding hydrogens is 229 g/mol. The highest BCUT2D eigenvalue weighted by atomic mass is 35.5. The minimum atomic E-state index is -4.07. The van der Waals surface area contributed by atoms with Crippen LogP contribution in [0.15, 0.2) is 12.1 Å². The topological polar surface area (TPSA) is 17.1 Å². The van der Waals surface area contributed by atoms with Crippen molar-refractivity contribution in [3.63, 3.8) is 0 Å². The Labute approximate surface area is 89.9 Å². The van der Waals surface area contributed by atoms with Crippen LogP contribution < -0.4 is 0 Å². The molecule has 1 aromatic rings. The van der Waals surface area contributed by atoms with Gasteiger partial charge >= 0.3 is 5.38 Å². The third kappa shape index (κ3) is 2.50. The van der Waals surface area contributed by atoms with E-state index in [1.54, 1.807) is 6.92 Å². The van der Waals surface area contributed by atoms with Crippen LogP contribution in [0, 0.1) is 19.7 Å². The van der Waals surface area contributed by atoms with Gasteiger partial charge in [0.05, 0.1) is 5.56 Å². The van der Waals surface area contributed by atoms with Crippen LogP contribution in [-0.2, 0) is 0 Å². The van der Waals surface area contributed by atoms with E-state index in [1.165, 1.54) is 13.0 Å². The Morgan fingerprint density at radius 2 is 1.87 bits per heavy atom. The summed E-state index contributed by atoms with van der Waals surface area (Å²) in [6.45, 7) is 2.98. The van der Waals surface area contributed by atoms with Crippen molar-refractivity contribution in [2.24, 2.45) is 0 Å². The van der Waals surface area contributed by atoms with Crippen molar-refractivity contribution in [3.05, 3.63) is 34.6 Å². The van der Waals surface area contributed by atoms with Gasteiger partial charge in [0.15, 0.2) is 0 Å². The first kappa shape index (κ1) is 12.0. The molecule has 0 unspecified atom stereocenters. The van der Waals surface area contributed by atoms with E-state index < -0.39 is 22.5 Å². The summed E-state index contributed by atoms with van der Waals surface area (Å²) in [4.78, 5) is 11.1. The van der Waals surface area contributed by atoms with Crippen molar-refractivity contribution in [1.29, 1.82) is 0 Å². The molecule has 0 bridgehead atoms. The van der Waals surface area contributed by atoms with Gasteiger partial charge in [0.1, 0.15) is 5.82 Å². The highest BCUT2D eigenvalue weighted by molar-refractivity contribution is 6.35. The first-order valence-electron chi connectivity index (χ1n) is 4.11. The summed E-state index contributed by atoms with van der Waals surface area (Å²) in [6, 6.07) is 2.46. The van der Waals surface area contributed by atoms with Crippen LogP contribution in [0.2, 0.25) is 0 Å². The SMILES string of the molecule is Cc1cc(C)c(C(=O)C(F)(F)Cl)c(F)c1. The smallest absolute Gasteiger partial charge is 0.286 e. The van der Waals surface area contributed by atoms with Gasteiger partial charge in [0.25, 0.3) is 5.78 Å². The lowest BCUT2D eigenvalue weighted by atomic mass is 10.0. The molecule has 0 aliphatic rings. The zero-order valence-electron chi connectivity index (χ0n) is 8.07. The van der Waals surface area contributed by atoms with E-state index in [9.17, 15) is 18.0 Å². The van der Waals surface area contributed by atoms with E-state index in [2.05, 4.69) is 11.6 Å². The van der Waals surface area contributed by atoms with Crippen LogP contribution >= 0.6 is 11.6 Å². The Kier molecular flexibility index (Phi) is 3.09. The monoisotopic (exact) mass is 236 g/mol. The maximum atomic E-state index is 13.3. The number of halogens is 4. The molecule has 1 rings (SSSR count). The van der Waals surface area contributed by atoms with Crippen LogP contribution in [0.1, 0.15) is 21.5 Å². The maximum Gasteiger partial charge on any atom is 0.385 e. The van der Waals surface area contributed by atoms with Gasteiger partial charge in [0, 0.05) is 0 Å². The number of carbonyl (C=O) groups excluding carboxylic acids is 1. The Bertz CT molecular complexity index is 387. The average molecular weight is 237 g/mol. The van der Waals surface area contributed by atoms with E-state index in [4.69, 9.17) is 0 Å². The number of carbonyl (C=O) groups is 1. The lowest BCUT2D eigenvalue weighted by Gasteiger charge is -2.10. The molecule has 1 nitrogen and oxygen atoms in total. The molecule has 0 saturated heterocycles. The minimum absolute atomic E-state index is 0.151. The largest absolute Gasteiger partial charge is 0.385 e. The molecule has 82 valence electrons. The second-order valence-corrected chi connectivity index (χ2v) is 3.74. The molecule has 15 heavy (non-hydrogen) atoms. The fraction of sp³-hybridized carbons (Fsp3) is 0.300. The van der Waals surface area contributed by atoms with Gasteiger partial charge in [-0.3, -0.25) is 4.79 Å². The Balaban J connectivity index is 3.33. The van der Waals surface area contributed by atoms with E-state index in [1.807, 2.05) is 0 Å². The maximum absolute atomic E-state index is 13.3. The molecule has 0 N–H and O–H groups in total. The quantitative estimate of drug-likeness (QED) is 0.568. The number of aryl methyl sites for hydroxylation is 2. The van der Waals surface area contributed by atoms with Crippen LogP contribution in [0.3, 0.4) is 0 Å². The number of benzene rings is 1. The van der Waals surface area contributed by atoms with E-state index in [0.717, 1.165) is 6.07 Å². The summed E-state index contributed by atoms with van der Waals surface area (Å²) < 4.78 is 38.3. The zero-order chi connectivity index (χ0) is 11.8. The fourth-order valence-corrected chi connectivity index (χ4v) is 1.44. The molecule has 0 atom stereocenters. The first-order chi connectivity index (χ1) is 6.73. The number of hydrogen-bond acceptors (Lipinski definition) is 1. The highest BCUT2D eigenvalue weighted by Crippen LogP contribution is 2.28. The molecule has 0 aliphatic carbocycles. The Morgan fingerprint density at radius 1 is 1.33 bits per heavy atom. The van der Waals surface area contributed by atoms with Crippen LogP contribution in [0.25, 0.3) is 0 Å². The second-order valence-electron chi connectivity index (χ2n) is 3.27. The van der Waals surface area contributed by atoms with E-state index >= 15 is 0 Å². The van der Waals surface area contributed by atoms with Crippen molar-refractivity contribution >= 4 is 17.4 Å². The standard InChI is InChI=1S/C10H8ClF3O/c1-5-3-6(2)8(7(12)4-5)9(15)10(11,13)14/h3-4H,1-2H3. The molecule has 0 amide bonds. The molecule has 0 aliphatic heterocycles. The molecule has 0 spiro atoms. The minimum Gasteiger partial charge on any atom is -0.286 e. The van der Waals surface area contributed by atoms with Gasteiger partial charge < -0.3 is 0 Å². The summed E-state index contributed by atoms with van der Waals surface area (Å²) in [5.74, 6) is -2.68. The molecule has 1 aromatic carbocycles. The molecule has 0 radical (unpaired) electrons. The third-order valence-corrected chi connectivity index (χ3v) is 2.09. The van der Waals surface area contributed by atoms with Gasteiger partial charge in [-0.2, -0.15) is 8.78 Å².